The van der Waals surface area contributed by atoms with Crippen LogP contribution in [0.3, 0.4) is 0 Å². The first-order valence-corrected chi connectivity index (χ1v) is 11.3. The Hall–Kier alpha value is -2.98. The molecule has 0 radical (unpaired) electrons. The first-order valence-electron chi connectivity index (χ1n) is 11.3. The van der Waals surface area contributed by atoms with Crippen molar-refractivity contribution in [3.63, 3.8) is 0 Å². The summed E-state index contributed by atoms with van der Waals surface area (Å²) >= 11 is 0. The van der Waals surface area contributed by atoms with E-state index in [1.807, 2.05) is 0 Å². The molecular formula is C23H27F2N7O. The Kier molecular flexibility index (Phi) is 6.03. The zero-order valence-corrected chi connectivity index (χ0v) is 18.8. The SMILES string of the molecule is CC1CNCCN1c1nc(OCC2CCCN2C)nc2nc(-c3ccncc3F)c(F)cc12. The van der Waals surface area contributed by atoms with Gasteiger partial charge < -0.3 is 19.9 Å². The molecule has 5 heterocycles. The second-order valence-corrected chi connectivity index (χ2v) is 8.71. The Morgan fingerprint density at radius 3 is 2.82 bits per heavy atom. The van der Waals surface area contributed by atoms with Gasteiger partial charge in [-0.2, -0.15) is 9.97 Å². The molecule has 8 nitrogen and oxygen atoms in total. The van der Waals surface area contributed by atoms with E-state index in [1.165, 1.54) is 18.3 Å². The molecule has 0 spiro atoms. The molecule has 0 bridgehead atoms. The van der Waals surface area contributed by atoms with Crippen LogP contribution in [0.5, 0.6) is 6.01 Å². The van der Waals surface area contributed by atoms with E-state index >= 15 is 4.39 Å². The van der Waals surface area contributed by atoms with Crippen molar-refractivity contribution < 1.29 is 13.5 Å². The molecule has 5 rings (SSSR count). The number of halogens is 2. The highest BCUT2D eigenvalue weighted by atomic mass is 19.1. The lowest BCUT2D eigenvalue weighted by molar-refractivity contribution is 0.188. The third kappa shape index (κ3) is 4.32. The van der Waals surface area contributed by atoms with Gasteiger partial charge in [-0.3, -0.25) is 4.98 Å². The van der Waals surface area contributed by atoms with Crippen LogP contribution in [-0.4, -0.2) is 76.8 Å². The number of likely N-dealkylation sites (N-methyl/N-ethyl adjacent to an activating group) is 1. The molecule has 1 N–H and O–H groups in total. The predicted octanol–water partition coefficient (Wildman–Crippen LogP) is 2.64. The number of piperazine rings is 1. The lowest BCUT2D eigenvalue weighted by Gasteiger charge is -2.35. The van der Waals surface area contributed by atoms with Crippen molar-refractivity contribution in [3.8, 4) is 17.3 Å². The summed E-state index contributed by atoms with van der Waals surface area (Å²) in [5.74, 6) is -0.701. The fourth-order valence-electron chi connectivity index (χ4n) is 4.55. The van der Waals surface area contributed by atoms with Gasteiger partial charge in [-0.05, 0) is 45.5 Å². The molecule has 174 valence electrons. The van der Waals surface area contributed by atoms with Crippen LogP contribution < -0.4 is 15.0 Å². The summed E-state index contributed by atoms with van der Waals surface area (Å²) in [5.41, 5.74) is 0.199. The summed E-state index contributed by atoms with van der Waals surface area (Å²) < 4.78 is 35.5. The van der Waals surface area contributed by atoms with E-state index in [4.69, 9.17) is 4.74 Å². The maximum Gasteiger partial charge on any atom is 0.320 e. The minimum Gasteiger partial charge on any atom is -0.462 e. The van der Waals surface area contributed by atoms with Crippen LogP contribution in [-0.2, 0) is 0 Å². The van der Waals surface area contributed by atoms with Gasteiger partial charge in [0.2, 0.25) is 0 Å². The normalized spacial score (nSPS) is 21.6. The molecule has 2 aliphatic rings. The van der Waals surface area contributed by atoms with Gasteiger partial charge >= 0.3 is 6.01 Å². The number of fused-ring (bicyclic) bond motifs is 1. The van der Waals surface area contributed by atoms with Crippen molar-refractivity contribution in [2.75, 3.05) is 44.7 Å². The lowest BCUT2D eigenvalue weighted by Crippen LogP contribution is -2.50. The Bertz CT molecular complexity index is 1160. The van der Waals surface area contributed by atoms with Crippen LogP contribution in [0.1, 0.15) is 19.8 Å². The number of ether oxygens (including phenoxy) is 1. The monoisotopic (exact) mass is 455 g/mol. The highest BCUT2D eigenvalue weighted by Crippen LogP contribution is 2.32. The predicted molar refractivity (Wildman–Crippen MR) is 121 cm³/mol. The summed E-state index contributed by atoms with van der Waals surface area (Å²) in [6, 6.07) is 3.39. The Labute approximate surface area is 191 Å². The van der Waals surface area contributed by atoms with Crippen LogP contribution in [0.15, 0.2) is 24.5 Å². The Morgan fingerprint density at radius 2 is 2.06 bits per heavy atom. The smallest absolute Gasteiger partial charge is 0.320 e. The van der Waals surface area contributed by atoms with Crippen molar-refractivity contribution in [1.82, 2.24) is 30.2 Å². The summed E-state index contributed by atoms with van der Waals surface area (Å²) in [4.78, 5) is 21.7. The number of anilines is 1. The van der Waals surface area contributed by atoms with Gasteiger partial charge in [0.05, 0.1) is 11.6 Å². The molecule has 3 aromatic heterocycles. The molecule has 0 aliphatic carbocycles. The largest absolute Gasteiger partial charge is 0.462 e. The van der Waals surface area contributed by atoms with Gasteiger partial charge in [-0.25, -0.2) is 13.8 Å². The molecule has 0 amide bonds. The molecule has 0 aromatic carbocycles. The molecule has 3 aromatic rings. The second-order valence-electron chi connectivity index (χ2n) is 8.71. The first-order chi connectivity index (χ1) is 16.0. The highest BCUT2D eigenvalue weighted by Gasteiger charge is 2.26. The maximum absolute atomic E-state index is 15.2. The average Bonchev–Trinajstić information content (AvgIpc) is 3.22. The van der Waals surface area contributed by atoms with E-state index in [0.717, 1.165) is 38.7 Å². The third-order valence-corrected chi connectivity index (χ3v) is 6.48. The molecule has 2 atom stereocenters. The number of hydrogen-bond acceptors (Lipinski definition) is 8. The van der Waals surface area contributed by atoms with Gasteiger partial charge in [0.1, 0.15) is 23.9 Å². The quantitative estimate of drug-likeness (QED) is 0.629. The molecule has 33 heavy (non-hydrogen) atoms. The minimum atomic E-state index is -0.644. The summed E-state index contributed by atoms with van der Waals surface area (Å²) in [5, 5.41) is 3.83. The van der Waals surface area contributed by atoms with Gasteiger partial charge in [0.15, 0.2) is 11.5 Å². The molecule has 2 unspecified atom stereocenters. The molecule has 2 aliphatic heterocycles. The number of likely N-dealkylation sites (tertiary alicyclic amines) is 1. The van der Waals surface area contributed by atoms with Crippen molar-refractivity contribution in [2.45, 2.75) is 31.8 Å². The fraction of sp³-hybridized carbons (Fsp3) is 0.478. The van der Waals surface area contributed by atoms with Crippen LogP contribution in [0, 0.1) is 11.6 Å². The fourth-order valence-corrected chi connectivity index (χ4v) is 4.55. The van der Waals surface area contributed by atoms with Crippen molar-refractivity contribution in [3.05, 3.63) is 36.2 Å². The molecule has 10 heteroatoms. The molecular weight excluding hydrogens is 428 g/mol. The maximum atomic E-state index is 15.2. The van der Waals surface area contributed by atoms with Crippen molar-refractivity contribution in [2.24, 2.45) is 0 Å². The van der Waals surface area contributed by atoms with E-state index in [-0.39, 0.29) is 29.0 Å². The minimum absolute atomic E-state index is 0.0372. The third-order valence-electron chi connectivity index (χ3n) is 6.48. The van der Waals surface area contributed by atoms with Gasteiger partial charge in [0.25, 0.3) is 0 Å². The zero-order chi connectivity index (χ0) is 22.9. The van der Waals surface area contributed by atoms with Gasteiger partial charge in [0, 0.05) is 43.5 Å². The molecule has 2 saturated heterocycles. The molecule has 2 fully saturated rings. The second kappa shape index (κ2) is 9.11. The van der Waals surface area contributed by atoms with E-state index in [0.29, 0.717) is 30.4 Å². The number of nitrogens with one attached hydrogen (secondary N) is 1. The van der Waals surface area contributed by atoms with Crippen molar-refractivity contribution >= 4 is 16.9 Å². The Balaban J connectivity index is 1.59. The Morgan fingerprint density at radius 1 is 1.18 bits per heavy atom. The number of aromatic nitrogens is 4. The lowest BCUT2D eigenvalue weighted by atomic mass is 10.1. The summed E-state index contributed by atoms with van der Waals surface area (Å²) in [7, 11) is 2.08. The van der Waals surface area contributed by atoms with Crippen LogP contribution >= 0.6 is 0 Å². The highest BCUT2D eigenvalue weighted by molar-refractivity contribution is 5.89. The summed E-state index contributed by atoms with van der Waals surface area (Å²) in [6.07, 6.45) is 4.64. The number of hydrogen-bond donors (Lipinski definition) is 1. The van der Waals surface area contributed by atoms with Crippen LogP contribution in [0.2, 0.25) is 0 Å². The van der Waals surface area contributed by atoms with E-state index in [2.05, 4.69) is 49.0 Å². The van der Waals surface area contributed by atoms with E-state index < -0.39 is 11.6 Å². The first kappa shape index (κ1) is 21.8. The van der Waals surface area contributed by atoms with Crippen LogP contribution in [0.25, 0.3) is 22.3 Å². The van der Waals surface area contributed by atoms with E-state index in [9.17, 15) is 4.39 Å². The van der Waals surface area contributed by atoms with Crippen molar-refractivity contribution in [1.29, 1.82) is 0 Å². The number of pyridine rings is 2. The average molecular weight is 456 g/mol. The van der Waals surface area contributed by atoms with Gasteiger partial charge in [-0.15, -0.1) is 0 Å². The molecule has 0 saturated carbocycles. The summed E-state index contributed by atoms with van der Waals surface area (Å²) in [6.45, 7) is 5.86. The van der Waals surface area contributed by atoms with Gasteiger partial charge in [-0.1, -0.05) is 0 Å². The number of nitrogens with zero attached hydrogens (tertiary/aromatic N) is 6. The standard InChI is InChI=1S/C23H27F2N7O/c1-14-11-27-7-9-32(14)22-17-10-18(24)20(16-5-6-26-12-19(16)25)28-21(17)29-23(30-22)33-13-15-4-3-8-31(15)2/h5-6,10,12,14-15,27H,3-4,7-9,11,13H2,1-2H3. The van der Waals surface area contributed by atoms with Crippen LogP contribution in [0.4, 0.5) is 14.6 Å². The number of rotatable bonds is 5. The topological polar surface area (TPSA) is 79.3 Å². The van der Waals surface area contributed by atoms with E-state index in [1.54, 1.807) is 0 Å². The zero-order valence-electron chi connectivity index (χ0n) is 18.8.